The van der Waals surface area contributed by atoms with Gasteiger partial charge in [-0.3, -0.25) is 0 Å². The highest BCUT2D eigenvalue weighted by Crippen LogP contribution is 2.35. The Morgan fingerprint density at radius 3 is 2.69 bits per heavy atom. The van der Waals surface area contributed by atoms with Gasteiger partial charge in [-0.1, -0.05) is 20.8 Å². The molecular weight excluding hydrogens is 216 g/mol. The van der Waals surface area contributed by atoms with E-state index < -0.39 is 0 Å². The lowest BCUT2D eigenvalue weighted by atomic mass is 9.99. The predicted octanol–water partition coefficient (Wildman–Crippen LogP) is 3.27. The van der Waals surface area contributed by atoms with Gasteiger partial charge in [0.15, 0.2) is 0 Å². The number of nitrogens with zero attached hydrogens (tertiary/aromatic N) is 1. The van der Waals surface area contributed by atoms with Crippen LogP contribution in [0.3, 0.4) is 0 Å². The Kier molecular flexibility index (Phi) is 3.98. The van der Waals surface area contributed by atoms with E-state index >= 15 is 0 Å². The van der Waals surface area contributed by atoms with Gasteiger partial charge in [0.05, 0.1) is 5.01 Å². The van der Waals surface area contributed by atoms with Crippen LogP contribution < -0.4 is 5.32 Å². The Bertz CT molecular complexity index is 302. The fourth-order valence-corrected chi connectivity index (χ4v) is 2.98. The van der Waals surface area contributed by atoms with Gasteiger partial charge in [0.1, 0.15) is 0 Å². The minimum atomic E-state index is 0.542. The Morgan fingerprint density at radius 2 is 2.19 bits per heavy atom. The first-order valence-corrected chi connectivity index (χ1v) is 7.19. The summed E-state index contributed by atoms with van der Waals surface area (Å²) < 4.78 is 0. The quantitative estimate of drug-likeness (QED) is 0.823. The molecule has 2 rings (SSSR count). The van der Waals surface area contributed by atoms with Crippen molar-refractivity contribution >= 4 is 11.3 Å². The molecule has 0 radical (unpaired) electrons. The molecular formula is C13H22N2S. The monoisotopic (exact) mass is 238 g/mol. The van der Waals surface area contributed by atoms with Gasteiger partial charge in [0.2, 0.25) is 0 Å². The summed E-state index contributed by atoms with van der Waals surface area (Å²) in [5.74, 6) is 2.22. The van der Waals surface area contributed by atoms with Crippen molar-refractivity contribution in [1.82, 2.24) is 10.3 Å². The lowest BCUT2D eigenvalue weighted by molar-refractivity contribution is 0.354. The van der Waals surface area contributed by atoms with E-state index in [0.717, 1.165) is 18.4 Å². The van der Waals surface area contributed by atoms with E-state index in [-0.39, 0.29) is 0 Å². The molecule has 16 heavy (non-hydrogen) atoms. The topological polar surface area (TPSA) is 24.9 Å². The van der Waals surface area contributed by atoms with E-state index in [1.165, 1.54) is 17.8 Å². The van der Waals surface area contributed by atoms with Crippen molar-refractivity contribution in [2.24, 2.45) is 11.8 Å². The summed E-state index contributed by atoms with van der Waals surface area (Å²) in [7, 11) is 0. The van der Waals surface area contributed by atoms with Gasteiger partial charge in [0.25, 0.3) is 0 Å². The third kappa shape index (κ3) is 3.05. The third-order valence-corrected chi connectivity index (χ3v) is 4.39. The van der Waals surface area contributed by atoms with Crippen molar-refractivity contribution in [1.29, 1.82) is 0 Å². The van der Waals surface area contributed by atoms with Crippen LogP contribution in [0.4, 0.5) is 0 Å². The molecule has 0 amide bonds. The summed E-state index contributed by atoms with van der Waals surface area (Å²) in [6.07, 6.45) is 4.74. The molecule has 1 aromatic rings. The minimum Gasteiger partial charge on any atom is -0.313 e. The SMILES string of the molecule is CC(CNC(C(C)C)C1CC1)c1nccs1. The molecule has 1 fully saturated rings. The van der Waals surface area contributed by atoms with Crippen molar-refractivity contribution in [3.63, 3.8) is 0 Å². The number of thiazole rings is 1. The Morgan fingerprint density at radius 1 is 1.44 bits per heavy atom. The highest BCUT2D eigenvalue weighted by molar-refractivity contribution is 7.09. The summed E-state index contributed by atoms with van der Waals surface area (Å²) in [5.41, 5.74) is 0. The minimum absolute atomic E-state index is 0.542. The van der Waals surface area contributed by atoms with Gasteiger partial charge < -0.3 is 5.32 Å². The molecule has 2 nitrogen and oxygen atoms in total. The van der Waals surface area contributed by atoms with E-state index in [1.54, 1.807) is 11.3 Å². The van der Waals surface area contributed by atoms with Crippen LogP contribution >= 0.6 is 11.3 Å². The van der Waals surface area contributed by atoms with Gasteiger partial charge in [-0.15, -0.1) is 11.3 Å². The van der Waals surface area contributed by atoms with Crippen molar-refractivity contribution < 1.29 is 0 Å². The summed E-state index contributed by atoms with van der Waals surface area (Å²) in [5, 5.41) is 7.05. The molecule has 2 atom stereocenters. The van der Waals surface area contributed by atoms with Gasteiger partial charge in [-0.2, -0.15) is 0 Å². The van der Waals surface area contributed by atoms with E-state index in [0.29, 0.717) is 12.0 Å². The van der Waals surface area contributed by atoms with Crippen LogP contribution in [0.25, 0.3) is 0 Å². The predicted molar refractivity (Wildman–Crippen MR) is 69.9 cm³/mol. The summed E-state index contributed by atoms with van der Waals surface area (Å²) >= 11 is 1.76. The number of hydrogen-bond acceptors (Lipinski definition) is 3. The fraction of sp³-hybridized carbons (Fsp3) is 0.769. The van der Waals surface area contributed by atoms with E-state index in [1.807, 2.05) is 6.20 Å². The number of hydrogen-bond donors (Lipinski definition) is 1. The second kappa shape index (κ2) is 5.28. The fourth-order valence-electron chi connectivity index (χ4n) is 2.28. The van der Waals surface area contributed by atoms with E-state index in [4.69, 9.17) is 0 Å². The molecule has 2 unspecified atom stereocenters. The number of rotatable bonds is 6. The summed E-state index contributed by atoms with van der Waals surface area (Å²) in [6, 6.07) is 0.711. The molecule has 1 aliphatic carbocycles. The maximum atomic E-state index is 4.38. The zero-order valence-electron chi connectivity index (χ0n) is 10.4. The van der Waals surface area contributed by atoms with Crippen molar-refractivity contribution in [2.75, 3.05) is 6.54 Å². The molecule has 0 aromatic carbocycles. The third-order valence-electron chi connectivity index (χ3n) is 3.38. The number of aromatic nitrogens is 1. The largest absolute Gasteiger partial charge is 0.313 e. The molecule has 1 saturated carbocycles. The molecule has 0 saturated heterocycles. The summed E-state index contributed by atoms with van der Waals surface area (Å²) in [6.45, 7) is 7.97. The van der Waals surface area contributed by atoms with Crippen LogP contribution in [0.1, 0.15) is 44.5 Å². The Labute approximate surface area is 102 Å². The molecule has 0 bridgehead atoms. The lowest BCUT2D eigenvalue weighted by Crippen LogP contribution is -2.37. The number of nitrogens with one attached hydrogen (secondary N) is 1. The average molecular weight is 238 g/mol. The zero-order chi connectivity index (χ0) is 11.5. The second-order valence-corrected chi connectivity index (χ2v) is 6.21. The van der Waals surface area contributed by atoms with Gasteiger partial charge in [-0.05, 0) is 24.7 Å². The van der Waals surface area contributed by atoms with E-state index in [2.05, 4.69) is 36.5 Å². The molecule has 1 aliphatic rings. The Hall–Kier alpha value is -0.410. The average Bonchev–Trinajstić information content (AvgIpc) is 2.93. The first-order valence-electron chi connectivity index (χ1n) is 6.31. The molecule has 0 aliphatic heterocycles. The van der Waals surface area contributed by atoms with Crippen molar-refractivity contribution in [3.8, 4) is 0 Å². The standard InChI is InChI=1S/C13H22N2S/c1-9(2)12(11-4-5-11)15-8-10(3)13-14-6-7-16-13/h6-7,9-12,15H,4-5,8H2,1-3H3. The first-order chi connectivity index (χ1) is 7.68. The zero-order valence-corrected chi connectivity index (χ0v) is 11.3. The van der Waals surface area contributed by atoms with Gasteiger partial charge in [-0.25, -0.2) is 4.98 Å². The maximum absolute atomic E-state index is 4.38. The van der Waals surface area contributed by atoms with Crippen LogP contribution in [0.15, 0.2) is 11.6 Å². The molecule has 1 N–H and O–H groups in total. The maximum Gasteiger partial charge on any atom is 0.0965 e. The molecule has 3 heteroatoms. The van der Waals surface area contributed by atoms with E-state index in [9.17, 15) is 0 Å². The highest BCUT2D eigenvalue weighted by Gasteiger charge is 2.32. The van der Waals surface area contributed by atoms with Crippen LogP contribution in [-0.4, -0.2) is 17.6 Å². The second-order valence-electron chi connectivity index (χ2n) is 5.29. The van der Waals surface area contributed by atoms with Crippen LogP contribution in [-0.2, 0) is 0 Å². The van der Waals surface area contributed by atoms with Gasteiger partial charge in [0, 0.05) is 30.1 Å². The smallest absolute Gasteiger partial charge is 0.0965 e. The van der Waals surface area contributed by atoms with Crippen LogP contribution in [0, 0.1) is 11.8 Å². The van der Waals surface area contributed by atoms with Crippen molar-refractivity contribution in [2.45, 2.75) is 45.6 Å². The van der Waals surface area contributed by atoms with Gasteiger partial charge >= 0.3 is 0 Å². The highest BCUT2D eigenvalue weighted by atomic mass is 32.1. The van der Waals surface area contributed by atoms with Crippen LogP contribution in [0.5, 0.6) is 0 Å². The molecule has 1 heterocycles. The molecule has 1 aromatic heterocycles. The lowest BCUT2D eigenvalue weighted by Gasteiger charge is -2.23. The Balaban J connectivity index is 1.81. The van der Waals surface area contributed by atoms with Crippen LogP contribution in [0.2, 0.25) is 0 Å². The first kappa shape index (κ1) is 12.1. The van der Waals surface area contributed by atoms with Crippen molar-refractivity contribution in [3.05, 3.63) is 16.6 Å². The molecule has 90 valence electrons. The summed E-state index contributed by atoms with van der Waals surface area (Å²) in [4.78, 5) is 4.38. The molecule has 0 spiro atoms. The normalized spacial score (nSPS) is 20.0.